The van der Waals surface area contributed by atoms with E-state index in [1.165, 1.54) is 4.90 Å². The van der Waals surface area contributed by atoms with Crippen LogP contribution in [0.15, 0.2) is 30.6 Å². The maximum atomic E-state index is 13.0. The molecule has 0 spiro atoms. The average molecular weight is 380 g/mol. The highest BCUT2D eigenvalue weighted by Crippen LogP contribution is 2.26. The van der Waals surface area contributed by atoms with Crippen LogP contribution in [0.4, 0.5) is 13.2 Å². The normalized spacial score (nSPS) is 18.2. The number of para-hydroxylation sites is 1. The van der Waals surface area contributed by atoms with Gasteiger partial charge < -0.3 is 9.64 Å². The molecule has 3 heterocycles. The molecule has 27 heavy (non-hydrogen) atoms. The summed E-state index contributed by atoms with van der Waals surface area (Å²) in [5.41, 5.74) is 0.963. The number of amides is 1. The van der Waals surface area contributed by atoms with Crippen LogP contribution in [0.2, 0.25) is 0 Å². The van der Waals surface area contributed by atoms with Crippen LogP contribution in [0.3, 0.4) is 0 Å². The minimum absolute atomic E-state index is 0.101. The van der Waals surface area contributed by atoms with Crippen molar-refractivity contribution < 1.29 is 22.7 Å². The van der Waals surface area contributed by atoms with Gasteiger partial charge in [0.15, 0.2) is 11.5 Å². The number of ether oxygens (including phenoxy) is 1. The number of nitrogens with one attached hydrogen (secondary N) is 1. The molecule has 0 bridgehead atoms. The van der Waals surface area contributed by atoms with E-state index in [1.807, 2.05) is 6.07 Å². The molecule has 1 amide bonds. The van der Waals surface area contributed by atoms with Crippen LogP contribution < -0.4 is 0 Å². The van der Waals surface area contributed by atoms with Gasteiger partial charge >= 0.3 is 6.18 Å². The molecule has 142 valence electrons. The molecule has 0 aliphatic carbocycles. The quantitative estimate of drug-likeness (QED) is 0.750. The first kappa shape index (κ1) is 17.5. The molecule has 1 N–H and O–H groups in total. The first-order valence-electron chi connectivity index (χ1n) is 8.20. The maximum Gasteiger partial charge on any atom is 0.408 e. The fraction of sp³-hybridized carbons (Fsp3) is 0.375. The number of fused-ring (bicyclic) bond motifs is 1. The predicted octanol–water partition coefficient (Wildman–Crippen LogP) is 1.93. The van der Waals surface area contributed by atoms with Gasteiger partial charge in [-0.2, -0.15) is 23.4 Å². The summed E-state index contributed by atoms with van der Waals surface area (Å²) >= 11 is 0. The summed E-state index contributed by atoms with van der Waals surface area (Å²) in [5.74, 6) is -0.250. The Bertz CT molecular complexity index is 966. The highest BCUT2D eigenvalue weighted by molar-refractivity contribution is 6.04. The van der Waals surface area contributed by atoms with Crippen molar-refractivity contribution in [1.82, 2.24) is 29.9 Å². The number of H-pyrrole nitrogens is 1. The number of benzene rings is 1. The number of nitrogens with zero attached hydrogens (tertiary/aromatic N) is 5. The number of rotatable bonds is 3. The van der Waals surface area contributed by atoms with Gasteiger partial charge in [-0.3, -0.25) is 9.89 Å². The summed E-state index contributed by atoms with van der Waals surface area (Å²) in [7, 11) is 0. The Balaban J connectivity index is 1.62. The molecule has 0 radical (unpaired) electrons. The van der Waals surface area contributed by atoms with Gasteiger partial charge in [-0.25, -0.2) is 9.67 Å². The van der Waals surface area contributed by atoms with Crippen molar-refractivity contribution in [3.8, 4) is 0 Å². The lowest BCUT2D eigenvalue weighted by atomic mass is 10.1. The fourth-order valence-electron chi connectivity index (χ4n) is 3.04. The number of aromatic nitrogens is 5. The molecule has 8 nitrogen and oxygen atoms in total. The zero-order chi connectivity index (χ0) is 19.0. The molecule has 1 unspecified atom stereocenters. The Morgan fingerprint density at radius 3 is 2.96 bits per heavy atom. The molecule has 4 rings (SSSR count). The monoisotopic (exact) mass is 380 g/mol. The van der Waals surface area contributed by atoms with E-state index < -0.39 is 18.8 Å². The lowest BCUT2D eigenvalue weighted by Crippen LogP contribution is -2.44. The maximum absolute atomic E-state index is 13.0. The smallest absolute Gasteiger partial charge is 0.377 e. The van der Waals surface area contributed by atoms with Crippen LogP contribution in [0, 0.1) is 0 Å². The molecule has 2 aromatic heterocycles. The van der Waals surface area contributed by atoms with E-state index in [0.717, 1.165) is 11.8 Å². The largest absolute Gasteiger partial charge is 0.408 e. The molecular weight excluding hydrogens is 365 g/mol. The molecule has 1 saturated heterocycles. The molecule has 11 heteroatoms. The minimum Gasteiger partial charge on any atom is -0.377 e. The Morgan fingerprint density at radius 2 is 2.15 bits per heavy atom. The van der Waals surface area contributed by atoms with Gasteiger partial charge in [-0.15, -0.1) is 0 Å². The number of hydrogen-bond acceptors (Lipinski definition) is 5. The summed E-state index contributed by atoms with van der Waals surface area (Å²) in [6, 6.07) is 6.51. The molecule has 1 aliphatic heterocycles. The Morgan fingerprint density at radius 1 is 1.33 bits per heavy atom. The van der Waals surface area contributed by atoms with Crippen molar-refractivity contribution in [1.29, 1.82) is 0 Å². The van der Waals surface area contributed by atoms with Crippen LogP contribution in [-0.2, 0) is 11.3 Å². The van der Waals surface area contributed by atoms with Crippen molar-refractivity contribution >= 4 is 16.8 Å². The number of hydrogen-bond donors (Lipinski definition) is 1. The van der Waals surface area contributed by atoms with Gasteiger partial charge in [-0.05, 0) is 6.07 Å². The number of carbonyl (C=O) groups excluding carboxylic acids is 1. The summed E-state index contributed by atoms with van der Waals surface area (Å²) < 4.78 is 43.7. The summed E-state index contributed by atoms with van der Waals surface area (Å²) in [6.45, 7) is -0.567. The van der Waals surface area contributed by atoms with Crippen LogP contribution in [0.1, 0.15) is 22.4 Å². The van der Waals surface area contributed by atoms with E-state index in [2.05, 4.69) is 20.3 Å². The van der Waals surface area contributed by atoms with Crippen LogP contribution in [-0.4, -0.2) is 61.7 Å². The van der Waals surface area contributed by atoms with E-state index in [-0.39, 0.29) is 30.6 Å². The van der Waals surface area contributed by atoms with Crippen molar-refractivity contribution in [2.45, 2.75) is 18.8 Å². The number of alkyl halides is 3. The van der Waals surface area contributed by atoms with Crippen molar-refractivity contribution in [3.63, 3.8) is 0 Å². The van der Waals surface area contributed by atoms with Gasteiger partial charge in [-0.1, -0.05) is 18.2 Å². The first-order valence-corrected chi connectivity index (χ1v) is 8.20. The Kier molecular flexibility index (Phi) is 4.30. The highest BCUT2D eigenvalue weighted by atomic mass is 19.4. The second-order valence-electron chi connectivity index (χ2n) is 6.12. The van der Waals surface area contributed by atoms with Gasteiger partial charge in [0.25, 0.3) is 5.91 Å². The van der Waals surface area contributed by atoms with E-state index >= 15 is 0 Å². The SMILES string of the molecule is O=C(c1n[nH]c2ccccc12)N1CCOCC1c1ncn(CC(F)(F)F)n1. The number of aromatic amines is 1. The van der Waals surface area contributed by atoms with Crippen molar-refractivity contribution in [3.05, 3.63) is 42.1 Å². The van der Waals surface area contributed by atoms with Crippen LogP contribution in [0.25, 0.3) is 10.9 Å². The lowest BCUT2D eigenvalue weighted by molar-refractivity contribution is -0.142. The van der Waals surface area contributed by atoms with E-state index in [4.69, 9.17) is 4.74 Å². The zero-order valence-electron chi connectivity index (χ0n) is 14.0. The standard InChI is InChI=1S/C16H15F3N6O2/c17-16(18,19)8-24-9-20-14(23-24)12-7-27-6-5-25(12)15(26)13-10-3-1-2-4-11(10)21-22-13/h1-4,9,12H,5-8H2,(H,21,22). The minimum atomic E-state index is -4.41. The van der Waals surface area contributed by atoms with E-state index in [0.29, 0.717) is 16.7 Å². The van der Waals surface area contributed by atoms with Crippen LogP contribution in [0.5, 0.6) is 0 Å². The fourth-order valence-corrected chi connectivity index (χ4v) is 3.04. The lowest BCUT2D eigenvalue weighted by Gasteiger charge is -2.33. The highest BCUT2D eigenvalue weighted by Gasteiger charge is 2.35. The summed E-state index contributed by atoms with van der Waals surface area (Å²) in [6.07, 6.45) is -3.40. The predicted molar refractivity (Wildman–Crippen MR) is 86.8 cm³/mol. The van der Waals surface area contributed by atoms with Crippen molar-refractivity contribution in [2.75, 3.05) is 19.8 Å². The van der Waals surface area contributed by atoms with Gasteiger partial charge in [0.1, 0.15) is 18.9 Å². The number of halogens is 3. The molecule has 1 aromatic carbocycles. The van der Waals surface area contributed by atoms with Gasteiger partial charge in [0, 0.05) is 11.9 Å². The second kappa shape index (κ2) is 6.65. The van der Waals surface area contributed by atoms with Crippen LogP contribution >= 0.6 is 0 Å². The third kappa shape index (κ3) is 3.50. The van der Waals surface area contributed by atoms with Gasteiger partial charge in [0.2, 0.25) is 0 Å². The third-order valence-corrected chi connectivity index (χ3v) is 4.26. The topological polar surface area (TPSA) is 88.9 Å². The number of morpholine rings is 1. The molecule has 1 fully saturated rings. The molecule has 3 aromatic rings. The molecular formula is C16H15F3N6O2. The molecule has 0 saturated carbocycles. The zero-order valence-corrected chi connectivity index (χ0v) is 14.0. The summed E-state index contributed by atoms with van der Waals surface area (Å²) in [4.78, 5) is 18.5. The average Bonchev–Trinajstić information content (AvgIpc) is 3.26. The number of carbonyl (C=O) groups is 1. The summed E-state index contributed by atoms with van der Waals surface area (Å²) in [5, 5.41) is 11.5. The van der Waals surface area contributed by atoms with Crippen molar-refractivity contribution in [2.24, 2.45) is 0 Å². The molecule has 1 aliphatic rings. The first-order chi connectivity index (χ1) is 12.9. The third-order valence-electron chi connectivity index (χ3n) is 4.26. The van der Waals surface area contributed by atoms with E-state index in [1.54, 1.807) is 18.2 Å². The van der Waals surface area contributed by atoms with Gasteiger partial charge in [0.05, 0.1) is 18.7 Å². The van der Waals surface area contributed by atoms with E-state index in [9.17, 15) is 18.0 Å². The second-order valence-corrected chi connectivity index (χ2v) is 6.12. The Hall–Kier alpha value is -2.95. The molecule has 1 atom stereocenters. The Labute approximate surface area is 150 Å².